The van der Waals surface area contributed by atoms with Gasteiger partial charge in [-0.1, -0.05) is 13.0 Å². The maximum Gasteiger partial charge on any atom is 0.223 e. The smallest absolute Gasteiger partial charge is 0.223 e. The van der Waals surface area contributed by atoms with Crippen LogP contribution in [0.2, 0.25) is 0 Å². The van der Waals surface area contributed by atoms with Crippen LogP contribution in [-0.2, 0) is 6.54 Å². The van der Waals surface area contributed by atoms with Gasteiger partial charge in [0.25, 0.3) is 0 Å². The number of aromatic nitrogens is 6. The number of nitrogen functional groups attached to an aromatic ring is 1. The third kappa shape index (κ3) is 4.02. The highest BCUT2D eigenvalue weighted by molar-refractivity contribution is 5.95. The summed E-state index contributed by atoms with van der Waals surface area (Å²) >= 11 is 0. The highest BCUT2D eigenvalue weighted by Crippen LogP contribution is 2.35. The Kier molecular flexibility index (Phi) is 5.55. The molecule has 0 radical (unpaired) electrons. The largest absolute Gasteiger partial charge is 0.494 e. The third-order valence-electron chi connectivity index (χ3n) is 6.57. The summed E-state index contributed by atoms with van der Waals surface area (Å²) in [5, 5.41) is 20.3. The zero-order valence-corrected chi connectivity index (χ0v) is 20.1. The van der Waals surface area contributed by atoms with Gasteiger partial charge >= 0.3 is 0 Å². The number of aliphatic hydroxyl groups is 1. The Morgan fingerprint density at radius 1 is 1.24 bits per heavy atom. The van der Waals surface area contributed by atoms with Gasteiger partial charge in [0, 0.05) is 30.1 Å². The van der Waals surface area contributed by atoms with E-state index in [1.54, 1.807) is 30.2 Å². The summed E-state index contributed by atoms with van der Waals surface area (Å²) < 4.78 is 8.91. The maximum atomic E-state index is 10.2. The molecule has 0 unspecified atom stereocenters. The van der Waals surface area contributed by atoms with Crippen molar-refractivity contribution < 1.29 is 9.84 Å². The average molecular weight is 465 g/mol. The number of nitrogens with zero attached hydrogens (tertiary/aromatic N) is 7. The summed E-state index contributed by atoms with van der Waals surface area (Å²) in [6, 6.07) is 6.18. The van der Waals surface area contributed by atoms with Crippen LogP contribution in [0.4, 0.5) is 11.6 Å². The topological polar surface area (TPSA) is 120 Å². The van der Waals surface area contributed by atoms with Crippen LogP contribution in [0.25, 0.3) is 16.6 Å². The predicted molar refractivity (Wildman–Crippen MR) is 131 cm³/mol. The van der Waals surface area contributed by atoms with E-state index in [-0.39, 0.29) is 11.9 Å². The first-order chi connectivity index (χ1) is 16.3. The number of para-hydroxylation sites is 1. The number of ether oxygens (including phenoxy) is 1. The van der Waals surface area contributed by atoms with Gasteiger partial charge < -0.3 is 20.5 Å². The normalized spacial score (nSPS) is 19.3. The summed E-state index contributed by atoms with van der Waals surface area (Å²) in [6.45, 7) is 7.02. The van der Waals surface area contributed by atoms with Crippen molar-refractivity contribution >= 4 is 28.2 Å². The van der Waals surface area contributed by atoms with E-state index in [1.807, 2.05) is 30.6 Å². The predicted octanol–water partition coefficient (Wildman–Crippen LogP) is 3.00. The molecule has 10 heteroatoms. The van der Waals surface area contributed by atoms with Crippen molar-refractivity contribution in [2.45, 2.75) is 64.1 Å². The first-order valence-corrected chi connectivity index (χ1v) is 11.8. The van der Waals surface area contributed by atoms with E-state index >= 15 is 0 Å². The van der Waals surface area contributed by atoms with Gasteiger partial charge in [0.15, 0.2) is 11.5 Å². The molecule has 180 valence electrons. The lowest BCUT2D eigenvalue weighted by Gasteiger charge is -2.39. The monoisotopic (exact) mass is 464 g/mol. The molecule has 0 saturated carbocycles. The Balaban J connectivity index is 1.49. The molecule has 3 N–H and O–H groups in total. The number of nitrogens with two attached hydrogens (primary N) is 1. The fourth-order valence-electron chi connectivity index (χ4n) is 4.94. The minimum Gasteiger partial charge on any atom is -0.494 e. The van der Waals surface area contributed by atoms with Crippen molar-refractivity contribution in [3.05, 3.63) is 36.4 Å². The molecule has 0 spiro atoms. The molecule has 4 aromatic rings. The molecule has 2 atom stereocenters. The Morgan fingerprint density at radius 2 is 2.06 bits per heavy atom. The van der Waals surface area contributed by atoms with Crippen molar-refractivity contribution in [1.82, 2.24) is 29.4 Å². The number of anilines is 2. The molecule has 1 saturated heterocycles. The Labute approximate surface area is 198 Å². The fraction of sp³-hybridized carbons (Fsp3) is 0.500. The number of hydrogen-bond donors (Lipinski definition) is 2. The van der Waals surface area contributed by atoms with E-state index in [4.69, 9.17) is 20.6 Å². The maximum absolute atomic E-state index is 10.2. The number of methoxy groups -OCH3 is 1. The van der Waals surface area contributed by atoms with E-state index in [0.717, 1.165) is 42.7 Å². The van der Waals surface area contributed by atoms with Crippen molar-refractivity contribution in [3.63, 3.8) is 0 Å². The fourth-order valence-corrected chi connectivity index (χ4v) is 4.94. The number of benzene rings is 1. The molecule has 1 aliphatic rings. The van der Waals surface area contributed by atoms with Crippen LogP contribution >= 0.6 is 0 Å². The standard InChI is InChI=1S/C24H32N8O2/c1-5-16-10-9-15(12-31(16)17-11-26-30(13-17)14-24(2,3)33)21-28-22-18-7-6-8-19(34-4)20(18)27-23(25)32(22)29-21/h6-8,11,13,15-16,33H,5,9-10,12,14H2,1-4H3,(H2,25,27)/t15-,16+/m1/s1. The first kappa shape index (κ1) is 22.4. The van der Waals surface area contributed by atoms with E-state index in [9.17, 15) is 5.11 Å². The second kappa shape index (κ2) is 8.43. The van der Waals surface area contributed by atoms with Crippen molar-refractivity contribution in [2.24, 2.45) is 0 Å². The van der Waals surface area contributed by atoms with Crippen LogP contribution in [-0.4, -0.2) is 59.8 Å². The van der Waals surface area contributed by atoms with Crippen LogP contribution in [0.3, 0.4) is 0 Å². The van der Waals surface area contributed by atoms with E-state index in [1.165, 1.54) is 0 Å². The van der Waals surface area contributed by atoms with E-state index in [0.29, 0.717) is 29.5 Å². The second-order valence-electron chi connectivity index (χ2n) is 9.73. The van der Waals surface area contributed by atoms with Gasteiger partial charge in [0.2, 0.25) is 5.95 Å². The molecule has 0 aliphatic carbocycles. The summed E-state index contributed by atoms with van der Waals surface area (Å²) in [6.07, 6.45) is 6.98. The molecule has 1 fully saturated rings. The van der Waals surface area contributed by atoms with Gasteiger partial charge in [0.05, 0.1) is 31.1 Å². The number of fused-ring (bicyclic) bond motifs is 3. The quantitative estimate of drug-likeness (QED) is 0.447. The second-order valence-corrected chi connectivity index (χ2v) is 9.73. The van der Waals surface area contributed by atoms with Gasteiger partial charge in [0.1, 0.15) is 11.3 Å². The van der Waals surface area contributed by atoms with Gasteiger partial charge in [-0.15, -0.1) is 5.10 Å². The minimum atomic E-state index is -0.822. The van der Waals surface area contributed by atoms with Gasteiger partial charge in [-0.3, -0.25) is 4.68 Å². The Hall–Kier alpha value is -3.40. The summed E-state index contributed by atoms with van der Waals surface area (Å²) in [5.41, 5.74) is 7.87. The zero-order valence-electron chi connectivity index (χ0n) is 20.1. The molecule has 0 amide bonds. The molecular formula is C24H32N8O2. The van der Waals surface area contributed by atoms with Crippen LogP contribution in [0.5, 0.6) is 5.75 Å². The zero-order chi connectivity index (χ0) is 24.0. The van der Waals surface area contributed by atoms with Crippen molar-refractivity contribution in [2.75, 3.05) is 24.3 Å². The van der Waals surface area contributed by atoms with Gasteiger partial charge in [-0.2, -0.15) is 9.61 Å². The number of piperidine rings is 1. The highest BCUT2D eigenvalue weighted by atomic mass is 16.5. The lowest BCUT2D eigenvalue weighted by Crippen LogP contribution is -2.42. The van der Waals surface area contributed by atoms with Crippen LogP contribution in [0, 0.1) is 0 Å². The highest BCUT2D eigenvalue weighted by Gasteiger charge is 2.32. The molecule has 4 heterocycles. The molecule has 1 aliphatic heterocycles. The molecule has 5 rings (SSSR count). The number of hydrogen-bond acceptors (Lipinski definition) is 8. The van der Waals surface area contributed by atoms with E-state index in [2.05, 4.69) is 21.9 Å². The SMILES string of the molecule is CC[C@H]1CC[C@@H](c2nc3c4cccc(OC)c4nc(N)n3n2)CN1c1cnn(CC(C)(C)O)c1. The van der Waals surface area contributed by atoms with E-state index < -0.39 is 5.60 Å². The van der Waals surface area contributed by atoms with Crippen molar-refractivity contribution in [3.8, 4) is 5.75 Å². The summed E-state index contributed by atoms with van der Waals surface area (Å²) in [7, 11) is 1.62. The summed E-state index contributed by atoms with van der Waals surface area (Å²) in [5.74, 6) is 1.87. The Bertz CT molecular complexity index is 1320. The molecule has 34 heavy (non-hydrogen) atoms. The molecule has 10 nitrogen and oxygen atoms in total. The minimum absolute atomic E-state index is 0.153. The average Bonchev–Trinajstić information content (AvgIpc) is 3.45. The molecule has 1 aromatic carbocycles. The number of rotatable bonds is 6. The lowest BCUT2D eigenvalue weighted by molar-refractivity contribution is 0.0577. The van der Waals surface area contributed by atoms with Crippen LogP contribution in [0.15, 0.2) is 30.6 Å². The van der Waals surface area contributed by atoms with Gasteiger partial charge in [-0.05, 0) is 45.2 Å². The summed E-state index contributed by atoms with van der Waals surface area (Å²) in [4.78, 5) is 11.9. The van der Waals surface area contributed by atoms with Crippen LogP contribution in [0.1, 0.15) is 51.8 Å². The third-order valence-corrected chi connectivity index (χ3v) is 6.57. The molecule has 0 bridgehead atoms. The first-order valence-electron chi connectivity index (χ1n) is 11.8. The van der Waals surface area contributed by atoms with Crippen LogP contribution < -0.4 is 15.4 Å². The van der Waals surface area contributed by atoms with Gasteiger partial charge in [-0.25, -0.2) is 9.97 Å². The lowest BCUT2D eigenvalue weighted by atomic mass is 9.90. The molecular weight excluding hydrogens is 432 g/mol. The van der Waals surface area contributed by atoms with Crippen molar-refractivity contribution in [1.29, 1.82) is 0 Å². The Morgan fingerprint density at radius 3 is 2.79 bits per heavy atom. The molecule has 3 aromatic heterocycles.